The number of nitrogens with one attached hydrogen (secondary N) is 1. The van der Waals surface area contributed by atoms with Crippen LogP contribution >= 0.6 is 0 Å². The highest BCUT2D eigenvalue weighted by molar-refractivity contribution is 5.46. The summed E-state index contributed by atoms with van der Waals surface area (Å²) in [6, 6.07) is 2.83. The number of benzene rings is 1. The lowest BCUT2D eigenvalue weighted by atomic mass is 10.1. The summed E-state index contributed by atoms with van der Waals surface area (Å²) in [6.45, 7) is 0.175. The minimum Gasteiger partial charge on any atom is -0.354 e. The number of amides is 1. The second-order valence-electron chi connectivity index (χ2n) is 3.16. The summed E-state index contributed by atoms with van der Waals surface area (Å²) < 4.78 is 26.0. The zero-order chi connectivity index (χ0) is 11.3. The molecule has 1 aromatic carbocycles. The zero-order valence-corrected chi connectivity index (χ0v) is 8.04. The molecule has 3 nitrogen and oxygen atoms in total. The van der Waals surface area contributed by atoms with Crippen LogP contribution in [0.5, 0.6) is 0 Å². The van der Waals surface area contributed by atoms with E-state index in [1.807, 2.05) is 0 Å². The summed E-state index contributed by atoms with van der Waals surface area (Å²) >= 11 is 0. The largest absolute Gasteiger partial charge is 0.354 e. The van der Waals surface area contributed by atoms with E-state index in [0.717, 1.165) is 18.2 Å². The quantitative estimate of drug-likeness (QED) is 0.704. The van der Waals surface area contributed by atoms with Crippen LogP contribution in [0.15, 0.2) is 18.2 Å². The van der Waals surface area contributed by atoms with Crippen molar-refractivity contribution < 1.29 is 13.6 Å². The highest BCUT2D eigenvalue weighted by Gasteiger charge is 2.10. The number of halogens is 2. The first-order valence-corrected chi connectivity index (χ1v) is 4.51. The predicted molar refractivity (Wildman–Crippen MR) is 52.1 cm³/mol. The van der Waals surface area contributed by atoms with E-state index in [2.05, 4.69) is 5.32 Å². The van der Waals surface area contributed by atoms with Gasteiger partial charge in [-0.25, -0.2) is 8.78 Å². The smallest absolute Gasteiger partial charge is 0.207 e. The van der Waals surface area contributed by atoms with Gasteiger partial charge in [0.05, 0.1) is 0 Å². The minimum atomic E-state index is -0.506. The maximum absolute atomic E-state index is 13.2. The molecule has 0 bridgehead atoms. The molecule has 3 N–H and O–H groups in total. The lowest BCUT2D eigenvalue weighted by Crippen LogP contribution is -2.37. The Labute approximate surface area is 86.3 Å². The van der Waals surface area contributed by atoms with E-state index in [0.29, 0.717) is 6.41 Å². The summed E-state index contributed by atoms with van der Waals surface area (Å²) in [6.07, 6.45) is 0.674. The summed E-state index contributed by atoms with van der Waals surface area (Å²) in [5, 5.41) is 2.43. The average molecular weight is 214 g/mol. The number of nitrogens with two attached hydrogens (primary N) is 1. The molecule has 0 fully saturated rings. The Kier molecular flexibility index (Phi) is 4.17. The van der Waals surface area contributed by atoms with Crippen molar-refractivity contribution >= 4 is 6.41 Å². The van der Waals surface area contributed by atoms with E-state index in [9.17, 15) is 13.6 Å². The van der Waals surface area contributed by atoms with E-state index in [1.54, 1.807) is 0 Å². The molecule has 0 spiro atoms. The molecule has 0 heterocycles. The first-order chi connectivity index (χ1) is 7.17. The van der Waals surface area contributed by atoms with Crippen molar-refractivity contribution in [3.63, 3.8) is 0 Å². The summed E-state index contributed by atoms with van der Waals surface area (Å²) in [4.78, 5) is 10.2. The standard InChI is InChI=1S/C10H12F2N2O/c11-8-1-2-10(12)7(3-8)4-9(5-13)14-6-15/h1-3,6,9H,4-5,13H2,(H,14,15). The van der Waals surface area contributed by atoms with Gasteiger partial charge in [-0.05, 0) is 30.2 Å². The second-order valence-corrected chi connectivity index (χ2v) is 3.16. The predicted octanol–water partition coefficient (Wildman–Crippen LogP) is 0.581. The number of hydrogen-bond donors (Lipinski definition) is 2. The van der Waals surface area contributed by atoms with Gasteiger partial charge < -0.3 is 11.1 Å². The van der Waals surface area contributed by atoms with Crippen LogP contribution in [0.1, 0.15) is 5.56 Å². The van der Waals surface area contributed by atoms with Crippen molar-refractivity contribution in [1.29, 1.82) is 0 Å². The number of carbonyl (C=O) groups excluding carboxylic acids is 1. The fourth-order valence-electron chi connectivity index (χ4n) is 1.27. The Morgan fingerprint density at radius 2 is 2.20 bits per heavy atom. The van der Waals surface area contributed by atoms with Crippen molar-refractivity contribution in [2.45, 2.75) is 12.5 Å². The molecule has 1 atom stereocenters. The topological polar surface area (TPSA) is 55.1 Å². The second kappa shape index (κ2) is 5.41. The SMILES string of the molecule is NCC(Cc1cc(F)ccc1F)NC=O. The fraction of sp³-hybridized carbons (Fsp3) is 0.300. The van der Waals surface area contributed by atoms with E-state index < -0.39 is 11.6 Å². The molecule has 0 aliphatic heterocycles. The minimum absolute atomic E-state index is 0.175. The molecule has 15 heavy (non-hydrogen) atoms. The van der Waals surface area contributed by atoms with Gasteiger partial charge in [0.25, 0.3) is 0 Å². The van der Waals surface area contributed by atoms with E-state index >= 15 is 0 Å². The van der Waals surface area contributed by atoms with Crippen molar-refractivity contribution in [3.8, 4) is 0 Å². The number of hydrogen-bond acceptors (Lipinski definition) is 2. The van der Waals surface area contributed by atoms with Crippen molar-refractivity contribution in [2.75, 3.05) is 6.54 Å². The number of carbonyl (C=O) groups is 1. The first-order valence-electron chi connectivity index (χ1n) is 4.51. The molecule has 5 heteroatoms. The highest BCUT2D eigenvalue weighted by atomic mass is 19.1. The number of rotatable bonds is 5. The van der Waals surface area contributed by atoms with Crippen molar-refractivity contribution in [2.24, 2.45) is 5.73 Å². The normalized spacial score (nSPS) is 12.2. The molecule has 1 amide bonds. The zero-order valence-electron chi connectivity index (χ0n) is 8.04. The van der Waals surface area contributed by atoms with Crippen LogP contribution in [-0.4, -0.2) is 19.0 Å². The average Bonchev–Trinajstić information content (AvgIpc) is 2.22. The van der Waals surface area contributed by atoms with Gasteiger partial charge in [-0.15, -0.1) is 0 Å². The van der Waals surface area contributed by atoms with Gasteiger partial charge in [0.2, 0.25) is 6.41 Å². The van der Waals surface area contributed by atoms with Crippen LogP contribution in [0.25, 0.3) is 0 Å². The lowest BCUT2D eigenvalue weighted by molar-refractivity contribution is -0.110. The Balaban J connectivity index is 2.77. The monoisotopic (exact) mass is 214 g/mol. The van der Waals surface area contributed by atoms with E-state index in [4.69, 9.17) is 5.73 Å². The molecule has 0 radical (unpaired) electrons. The molecule has 1 rings (SSSR count). The third kappa shape index (κ3) is 3.28. The molecule has 0 saturated carbocycles. The van der Waals surface area contributed by atoms with E-state index in [-0.39, 0.29) is 24.6 Å². The Morgan fingerprint density at radius 3 is 2.80 bits per heavy atom. The molecule has 0 aromatic heterocycles. The van der Waals surface area contributed by atoms with Crippen LogP contribution in [0.3, 0.4) is 0 Å². The third-order valence-electron chi connectivity index (χ3n) is 2.06. The van der Waals surface area contributed by atoms with E-state index in [1.165, 1.54) is 0 Å². The van der Waals surface area contributed by atoms with Crippen LogP contribution in [-0.2, 0) is 11.2 Å². The van der Waals surface area contributed by atoms with Gasteiger partial charge in [-0.2, -0.15) is 0 Å². The molecule has 1 unspecified atom stereocenters. The third-order valence-corrected chi connectivity index (χ3v) is 2.06. The highest BCUT2D eigenvalue weighted by Crippen LogP contribution is 2.11. The van der Waals surface area contributed by atoms with Gasteiger partial charge >= 0.3 is 0 Å². The van der Waals surface area contributed by atoms with Gasteiger partial charge in [0, 0.05) is 12.6 Å². The lowest BCUT2D eigenvalue weighted by Gasteiger charge is -2.13. The van der Waals surface area contributed by atoms with Gasteiger partial charge in [-0.3, -0.25) is 4.79 Å². The molecular formula is C10H12F2N2O. The van der Waals surface area contributed by atoms with Crippen LogP contribution in [0.2, 0.25) is 0 Å². The Bertz CT molecular complexity index is 344. The molecular weight excluding hydrogens is 202 g/mol. The molecule has 1 aromatic rings. The Hall–Kier alpha value is -1.49. The van der Waals surface area contributed by atoms with Gasteiger partial charge in [0.15, 0.2) is 0 Å². The maximum Gasteiger partial charge on any atom is 0.207 e. The summed E-state index contributed by atoms with van der Waals surface area (Å²) in [5.74, 6) is -1.00. The maximum atomic E-state index is 13.2. The van der Waals surface area contributed by atoms with Crippen LogP contribution in [0.4, 0.5) is 8.78 Å². The fourth-order valence-corrected chi connectivity index (χ4v) is 1.27. The first kappa shape index (κ1) is 11.6. The van der Waals surface area contributed by atoms with Gasteiger partial charge in [-0.1, -0.05) is 0 Å². The Morgan fingerprint density at radius 1 is 1.47 bits per heavy atom. The van der Waals surface area contributed by atoms with Crippen molar-refractivity contribution in [3.05, 3.63) is 35.4 Å². The van der Waals surface area contributed by atoms with Gasteiger partial charge in [0.1, 0.15) is 11.6 Å². The molecule has 82 valence electrons. The van der Waals surface area contributed by atoms with Crippen LogP contribution < -0.4 is 11.1 Å². The molecule has 0 aliphatic carbocycles. The van der Waals surface area contributed by atoms with Crippen molar-refractivity contribution in [1.82, 2.24) is 5.32 Å². The van der Waals surface area contributed by atoms with Crippen LogP contribution in [0, 0.1) is 11.6 Å². The molecule has 0 saturated heterocycles. The summed E-state index contributed by atoms with van der Waals surface area (Å²) in [5.41, 5.74) is 5.57. The summed E-state index contributed by atoms with van der Waals surface area (Å²) in [7, 11) is 0. The molecule has 0 aliphatic rings.